The van der Waals surface area contributed by atoms with E-state index in [1.165, 1.54) is 0 Å². The van der Waals surface area contributed by atoms with Crippen molar-refractivity contribution in [1.29, 1.82) is 0 Å². The number of benzene rings is 1. The molecule has 1 aliphatic heterocycles. The van der Waals surface area contributed by atoms with Crippen molar-refractivity contribution in [2.24, 2.45) is 0 Å². The molecule has 0 saturated heterocycles. The molecule has 1 heterocycles. The first kappa shape index (κ1) is 13.8. The molecule has 0 aromatic heterocycles. The fraction of sp³-hybridized carbons (Fsp3) is 0.385. The molecule has 0 unspecified atom stereocenters. The second kappa shape index (κ2) is 5.59. The van der Waals surface area contributed by atoms with Crippen molar-refractivity contribution in [2.45, 2.75) is 38.0 Å². The Kier molecular flexibility index (Phi) is 4.30. The molecular weight excluding hydrogens is 363 g/mol. The van der Waals surface area contributed by atoms with Crippen LogP contribution in [0.5, 0.6) is 0 Å². The van der Waals surface area contributed by atoms with Gasteiger partial charge in [0.2, 0.25) is 0 Å². The second-order valence-corrected chi connectivity index (χ2v) is 9.75. The molecule has 0 atom stereocenters. The van der Waals surface area contributed by atoms with E-state index in [4.69, 9.17) is 2.51 Å². The van der Waals surface area contributed by atoms with Gasteiger partial charge < -0.3 is 0 Å². The quantitative estimate of drug-likeness (QED) is 0.450. The van der Waals surface area contributed by atoms with E-state index in [1.807, 2.05) is 19.1 Å². The first-order valence-electron chi connectivity index (χ1n) is 5.79. The van der Waals surface area contributed by atoms with E-state index in [0.29, 0.717) is 4.90 Å². The van der Waals surface area contributed by atoms with Gasteiger partial charge in [0.15, 0.2) is 0 Å². The van der Waals surface area contributed by atoms with Gasteiger partial charge in [-0.15, -0.1) is 0 Å². The van der Waals surface area contributed by atoms with E-state index >= 15 is 0 Å². The van der Waals surface area contributed by atoms with Crippen LogP contribution in [0, 0.1) is 20.3 Å². The maximum atomic E-state index is 11.9. The predicted molar refractivity (Wildman–Crippen MR) is 79.5 cm³/mol. The van der Waals surface area contributed by atoms with Gasteiger partial charge in [0.05, 0.1) is 0 Å². The number of fused-ring (bicyclic) bond motifs is 1. The summed E-state index contributed by atoms with van der Waals surface area (Å²) >= 11 is -2.31. The van der Waals surface area contributed by atoms with Gasteiger partial charge in [0.25, 0.3) is 0 Å². The van der Waals surface area contributed by atoms with Crippen LogP contribution in [0.15, 0.2) is 23.1 Å². The fourth-order valence-corrected chi connectivity index (χ4v) is 8.69. The molecule has 0 bridgehead atoms. The van der Waals surface area contributed by atoms with Gasteiger partial charge in [-0.2, -0.15) is 0 Å². The zero-order valence-electron chi connectivity index (χ0n) is 10.4. The standard InChI is InChI=1S/C13H15IO3S/c1-3-4-5-6-9-14-12-8-7-11(2)10-13(12)18(15,16)17-14/h7-8,10H,3-5H2,1-2H3. The van der Waals surface area contributed by atoms with E-state index in [2.05, 4.69) is 16.8 Å². The molecule has 3 nitrogen and oxygen atoms in total. The van der Waals surface area contributed by atoms with Crippen molar-refractivity contribution in [3.8, 4) is 9.85 Å². The van der Waals surface area contributed by atoms with E-state index in [1.54, 1.807) is 6.07 Å². The Morgan fingerprint density at radius 3 is 2.89 bits per heavy atom. The summed E-state index contributed by atoms with van der Waals surface area (Å²) in [4.78, 5) is 0.331. The molecule has 0 aliphatic carbocycles. The summed E-state index contributed by atoms with van der Waals surface area (Å²) < 4.78 is 32.8. The molecule has 0 spiro atoms. The Labute approximate surface area is 116 Å². The second-order valence-electron chi connectivity index (χ2n) is 4.07. The number of halogens is 1. The molecule has 1 aromatic carbocycles. The maximum absolute atomic E-state index is 11.9. The van der Waals surface area contributed by atoms with E-state index in [-0.39, 0.29) is 0 Å². The summed E-state index contributed by atoms with van der Waals surface area (Å²) in [6.45, 7) is 3.98. The summed E-state index contributed by atoms with van der Waals surface area (Å²) in [5.41, 5.74) is 0.928. The third-order valence-electron chi connectivity index (χ3n) is 2.49. The first-order chi connectivity index (χ1) is 8.54. The van der Waals surface area contributed by atoms with Gasteiger partial charge in [0.1, 0.15) is 0 Å². The van der Waals surface area contributed by atoms with E-state index in [0.717, 1.165) is 28.4 Å². The first-order valence-corrected chi connectivity index (χ1v) is 10.2. The van der Waals surface area contributed by atoms with Crippen LogP contribution in [0.25, 0.3) is 0 Å². The van der Waals surface area contributed by atoms with Crippen LogP contribution in [0.2, 0.25) is 0 Å². The molecular formula is C13H15IO3S. The third kappa shape index (κ3) is 2.87. The zero-order valence-corrected chi connectivity index (χ0v) is 13.3. The number of unbranched alkanes of at least 4 members (excludes halogenated alkanes) is 2. The molecule has 1 aromatic rings. The summed E-state index contributed by atoms with van der Waals surface area (Å²) in [6, 6.07) is 5.45. The van der Waals surface area contributed by atoms with Crippen LogP contribution in [0.1, 0.15) is 31.7 Å². The summed E-state index contributed by atoms with van der Waals surface area (Å²) in [6.07, 6.45) is 2.96. The molecule has 0 radical (unpaired) electrons. The number of rotatable bonds is 2. The van der Waals surface area contributed by atoms with Gasteiger partial charge in [-0.05, 0) is 0 Å². The van der Waals surface area contributed by atoms with Crippen LogP contribution >= 0.6 is 20.2 Å². The topological polar surface area (TPSA) is 43.4 Å². The monoisotopic (exact) mass is 378 g/mol. The zero-order chi connectivity index (χ0) is 13.2. The van der Waals surface area contributed by atoms with Crippen LogP contribution in [0.3, 0.4) is 0 Å². The minimum absolute atomic E-state index is 0.331. The SMILES string of the molecule is CCCCC#CI1OS(=O)(=O)c2cc(C)ccc21. The number of aryl methyl sites for hydroxylation is 1. The van der Waals surface area contributed by atoms with Crippen molar-refractivity contribution in [3.05, 3.63) is 27.3 Å². The number of hydrogen-bond acceptors (Lipinski definition) is 3. The molecule has 0 N–H and O–H groups in total. The van der Waals surface area contributed by atoms with E-state index in [9.17, 15) is 8.42 Å². The van der Waals surface area contributed by atoms with Gasteiger partial charge in [0, 0.05) is 0 Å². The Hall–Kier alpha value is -0.580. The minimum atomic E-state index is -3.55. The van der Waals surface area contributed by atoms with Crippen LogP contribution in [-0.4, -0.2) is 8.42 Å². The van der Waals surface area contributed by atoms with Crippen molar-refractivity contribution in [1.82, 2.24) is 0 Å². The molecule has 0 fully saturated rings. The van der Waals surface area contributed by atoms with Crippen LogP contribution in [0.4, 0.5) is 0 Å². The van der Waals surface area contributed by atoms with Gasteiger partial charge >= 0.3 is 116 Å². The van der Waals surface area contributed by atoms with Crippen LogP contribution in [-0.2, 0) is 12.6 Å². The third-order valence-corrected chi connectivity index (χ3v) is 9.40. The average molecular weight is 378 g/mol. The van der Waals surface area contributed by atoms with E-state index < -0.39 is 30.4 Å². The summed E-state index contributed by atoms with van der Waals surface area (Å²) in [5.74, 6) is 3.05. The Bertz CT molecular complexity index is 611. The Morgan fingerprint density at radius 2 is 2.17 bits per heavy atom. The fourth-order valence-electron chi connectivity index (χ4n) is 1.53. The average Bonchev–Trinajstić information content (AvgIpc) is 2.57. The molecule has 18 heavy (non-hydrogen) atoms. The van der Waals surface area contributed by atoms with Crippen LogP contribution < -0.4 is 0 Å². The van der Waals surface area contributed by atoms with Crippen molar-refractivity contribution in [3.63, 3.8) is 0 Å². The molecule has 98 valence electrons. The Morgan fingerprint density at radius 1 is 1.39 bits per heavy atom. The molecule has 0 amide bonds. The Balaban J connectivity index is 2.30. The van der Waals surface area contributed by atoms with Gasteiger partial charge in [-0.25, -0.2) is 0 Å². The summed E-state index contributed by atoms with van der Waals surface area (Å²) in [5, 5.41) is 0. The number of hydrogen-bond donors (Lipinski definition) is 0. The van der Waals surface area contributed by atoms with Gasteiger partial charge in [-0.3, -0.25) is 0 Å². The van der Waals surface area contributed by atoms with Crippen molar-refractivity contribution < 1.29 is 10.9 Å². The molecule has 0 saturated carbocycles. The van der Waals surface area contributed by atoms with Crippen molar-refractivity contribution >= 4 is 30.4 Å². The van der Waals surface area contributed by atoms with Crippen molar-refractivity contribution in [2.75, 3.05) is 0 Å². The molecule has 1 aliphatic rings. The summed E-state index contributed by atoms with van der Waals surface area (Å²) in [7, 11) is -3.55. The predicted octanol–water partition coefficient (Wildman–Crippen LogP) is 3.46. The molecule has 2 rings (SSSR count). The molecule has 5 heteroatoms. The van der Waals surface area contributed by atoms with Gasteiger partial charge in [-0.1, -0.05) is 0 Å². The normalized spacial score (nSPS) is 18.0.